The second-order valence-corrected chi connectivity index (χ2v) is 7.16. The van der Waals surface area contributed by atoms with E-state index in [1.165, 1.54) is 16.2 Å². The van der Waals surface area contributed by atoms with Crippen LogP contribution in [0.2, 0.25) is 0 Å². The number of anilines is 1. The average molecular weight is 310 g/mol. The number of rotatable bonds is 8. The summed E-state index contributed by atoms with van der Waals surface area (Å²) in [6, 6.07) is 4.79. The van der Waals surface area contributed by atoms with E-state index in [-0.39, 0.29) is 0 Å². The van der Waals surface area contributed by atoms with Gasteiger partial charge in [-0.15, -0.1) is 22.7 Å². The van der Waals surface area contributed by atoms with Crippen molar-refractivity contribution in [3.05, 3.63) is 33.5 Å². The summed E-state index contributed by atoms with van der Waals surface area (Å²) in [6.45, 7) is 6.44. The van der Waals surface area contributed by atoms with E-state index in [0.29, 0.717) is 6.04 Å². The molecule has 0 aliphatic rings. The lowest BCUT2D eigenvalue weighted by atomic mass is 10.2. The number of likely N-dealkylation sites (N-methyl/N-ethyl adjacent to an activating group) is 1. The van der Waals surface area contributed by atoms with Crippen molar-refractivity contribution in [2.45, 2.75) is 39.3 Å². The van der Waals surface area contributed by atoms with Crippen LogP contribution in [0.4, 0.5) is 5.13 Å². The number of nitrogens with zero attached hydrogens (tertiary/aromatic N) is 2. The quantitative estimate of drug-likeness (QED) is 0.752. The molecule has 0 spiro atoms. The van der Waals surface area contributed by atoms with Crippen LogP contribution in [0, 0.1) is 0 Å². The molecule has 0 amide bonds. The second-order valence-electron chi connectivity index (χ2n) is 5.03. The first-order valence-electron chi connectivity index (χ1n) is 7.11. The smallest absolute Gasteiger partial charge is 0.185 e. The number of nitrogens with one attached hydrogen (secondary N) is 1. The molecule has 0 bridgehead atoms. The molecule has 0 aromatic carbocycles. The van der Waals surface area contributed by atoms with Crippen molar-refractivity contribution in [1.82, 2.24) is 10.3 Å². The molecular weight excluding hydrogens is 286 g/mol. The van der Waals surface area contributed by atoms with Gasteiger partial charge in [-0.25, -0.2) is 4.98 Å². The highest BCUT2D eigenvalue weighted by Gasteiger charge is 2.14. The highest BCUT2D eigenvalue weighted by Crippen LogP contribution is 2.24. The average Bonchev–Trinajstić information content (AvgIpc) is 3.09. The fraction of sp³-hybridized carbons (Fsp3) is 0.533. The molecule has 0 fully saturated rings. The lowest BCUT2D eigenvalue weighted by Crippen LogP contribution is -2.30. The standard InChI is InChI=1S/C15H23N3S2/c1-4-7-16-10-14-11-17-15(20-14)18(3)12(2)9-13-6-5-8-19-13/h5-6,8,11-12,16H,4,7,9-10H2,1-3H3. The summed E-state index contributed by atoms with van der Waals surface area (Å²) in [5, 5.41) is 6.68. The number of hydrogen-bond donors (Lipinski definition) is 1. The molecule has 2 aromatic heterocycles. The van der Waals surface area contributed by atoms with Crippen LogP contribution in [-0.2, 0) is 13.0 Å². The van der Waals surface area contributed by atoms with Gasteiger partial charge in [0.25, 0.3) is 0 Å². The Hall–Kier alpha value is -0.910. The maximum atomic E-state index is 4.55. The largest absolute Gasteiger partial charge is 0.348 e. The number of hydrogen-bond acceptors (Lipinski definition) is 5. The Labute approximate surface area is 129 Å². The van der Waals surface area contributed by atoms with Gasteiger partial charge in [0.1, 0.15) is 0 Å². The third-order valence-electron chi connectivity index (χ3n) is 3.31. The lowest BCUT2D eigenvalue weighted by Gasteiger charge is -2.23. The Bertz CT molecular complexity index is 493. The minimum Gasteiger partial charge on any atom is -0.348 e. The van der Waals surface area contributed by atoms with Gasteiger partial charge in [0.05, 0.1) is 0 Å². The first-order chi connectivity index (χ1) is 9.70. The predicted molar refractivity (Wildman–Crippen MR) is 90.0 cm³/mol. The third-order valence-corrected chi connectivity index (χ3v) is 5.29. The Balaban J connectivity index is 1.89. The summed E-state index contributed by atoms with van der Waals surface area (Å²) < 4.78 is 0. The second kappa shape index (κ2) is 7.76. The van der Waals surface area contributed by atoms with Crippen LogP contribution in [0.15, 0.2) is 23.7 Å². The Morgan fingerprint density at radius 3 is 2.95 bits per heavy atom. The van der Waals surface area contributed by atoms with Crippen molar-refractivity contribution < 1.29 is 0 Å². The molecule has 1 N–H and O–H groups in total. The maximum Gasteiger partial charge on any atom is 0.185 e. The molecule has 110 valence electrons. The van der Waals surface area contributed by atoms with Gasteiger partial charge in [-0.2, -0.15) is 0 Å². The van der Waals surface area contributed by atoms with Crippen LogP contribution in [0.1, 0.15) is 30.0 Å². The molecule has 0 aliphatic carbocycles. The van der Waals surface area contributed by atoms with E-state index in [2.05, 4.69) is 53.6 Å². The van der Waals surface area contributed by atoms with Crippen LogP contribution in [0.25, 0.3) is 0 Å². The molecule has 2 aromatic rings. The molecule has 3 nitrogen and oxygen atoms in total. The third kappa shape index (κ3) is 4.30. The van der Waals surface area contributed by atoms with E-state index in [4.69, 9.17) is 0 Å². The summed E-state index contributed by atoms with van der Waals surface area (Å²) in [4.78, 5) is 9.58. The molecule has 0 aliphatic heterocycles. The summed E-state index contributed by atoms with van der Waals surface area (Å²) in [5.74, 6) is 0. The Morgan fingerprint density at radius 2 is 2.25 bits per heavy atom. The Morgan fingerprint density at radius 1 is 1.40 bits per heavy atom. The van der Waals surface area contributed by atoms with Gasteiger partial charge in [0, 0.05) is 42.0 Å². The summed E-state index contributed by atoms with van der Waals surface area (Å²) in [5.41, 5.74) is 0. The van der Waals surface area contributed by atoms with Crippen molar-refractivity contribution >= 4 is 27.8 Å². The van der Waals surface area contributed by atoms with E-state index in [0.717, 1.165) is 24.6 Å². The maximum absolute atomic E-state index is 4.55. The van der Waals surface area contributed by atoms with Crippen LogP contribution in [0.5, 0.6) is 0 Å². The fourth-order valence-electron chi connectivity index (χ4n) is 1.98. The zero-order valence-electron chi connectivity index (χ0n) is 12.4. The minimum absolute atomic E-state index is 0.469. The summed E-state index contributed by atoms with van der Waals surface area (Å²) >= 11 is 3.62. The molecule has 20 heavy (non-hydrogen) atoms. The van der Waals surface area contributed by atoms with Gasteiger partial charge in [0.15, 0.2) is 5.13 Å². The van der Waals surface area contributed by atoms with Crippen molar-refractivity contribution in [1.29, 1.82) is 0 Å². The highest BCUT2D eigenvalue weighted by atomic mass is 32.1. The van der Waals surface area contributed by atoms with E-state index in [9.17, 15) is 0 Å². The predicted octanol–water partition coefficient (Wildman–Crippen LogP) is 3.77. The van der Waals surface area contributed by atoms with E-state index >= 15 is 0 Å². The van der Waals surface area contributed by atoms with Crippen molar-refractivity contribution in [3.8, 4) is 0 Å². The zero-order chi connectivity index (χ0) is 14.4. The van der Waals surface area contributed by atoms with Crippen molar-refractivity contribution in [2.24, 2.45) is 0 Å². The monoisotopic (exact) mass is 309 g/mol. The first kappa shape index (κ1) is 15.5. The van der Waals surface area contributed by atoms with E-state index in [1.54, 1.807) is 11.3 Å². The summed E-state index contributed by atoms with van der Waals surface area (Å²) in [7, 11) is 2.14. The number of thiophene rings is 1. The molecule has 1 unspecified atom stereocenters. The molecule has 1 atom stereocenters. The molecular formula is C15H23N3S2. The molecule has 2 rings (SSSR count). The normalized spacial score (nSPS) is 12.6. The van der Waals surface area contributed by atoms with Gasteiger partial charge >= 0.3 is 0 Å². The molecule has 0 radical (unpaired) electrons. The minimum atomic E-state index is 0.469. The van der Waals surface area contributed by atoms with Gasteiger partial charge < -0.3 is 10.2 Å². The lowest BCUT2D eigenvalue weighted by molar-refractivity contribution is 0.680. The van der Waals surface area contributed by atoms with Gasteiger partial charge in [-0.1, -0.05) is 13.0 Å². The van der Waals surface area contributed by atoms with Gasteiger partial charge in [0.2, 0.25) is 0 Å². The van der Waals surface area contributed by atoms with Gasteiger partial charge in [-0.3, -0.25) is 0 Å². The van der Waals surface area contributed by atoms with Crippen LogP contribution in [0.3, 0.4) is 0 Å². The van der Waals surface area contributed by atoms with Crippen LogP contribution >= 0.6 is 22.7 Å². The highest BCUT2D eigenvalue weighted by molar-refractivity contribution is 7.15. The fourth-order valence-corrected chi connectivity index (χ4v) is 3.75. The van der Waals surface area contributed by atoms with Gasteiger partial charge in [-0.05, 0) is 31.3 Å². The van der Waals surface area contributed by atoms with Crippen LogP contribution < -0.4 is 10.2 Å². The molecule has 5 heteroatoms. The van der Waals surface area contributed by atoms with E-state index < -0.39 is 0 Å². The van der Waals surface area contributed by atoms with Crippen molar-refractivity contribution in [2.75, 3.05) is 18.5 Å². The van der Waals surface area contributed by atoms with Crippen molar-refractivity contribution in [3.63, 3.8) is 0 Å². The Kier molecular flexibility index (Phi) is 6.01. The molecule has 0 saturated heterocycles. The number of thiazole rings is 1. The van der Waals surface area contributed by atoms with Crippen LogP contribution in [-0.4, -0.2) is 24.6 Å². The summed E-state index contributed by atoms with van der Waals surface area (Å²) in [6.07, 6.45) is 4.25. The zero-order valence-corrected chi connectivity index (χ0v) is 14.1. The van der Waals surface area contributed by atoms with E-state index in [1.807, 2.05) is 17.5 Å². The number of aromatic nitrogens is 1. The first-order valence-corrected chi connectivity index (χ1v) is 8.81. The SMILES string of the molecule is CCCNCc1cnc(N(C)C(C)Cc2cccs2)s1. The molecule has 0 saturated carbocycles. The topological polar surface area (TPSA) is 28.2 Å². The molecule has 2 heterocycles.